The number of benzene rings is 1. The standard InChI is InChI=1S/C15H21ClN2O3/c1-4-9-17(11(2)3)15(21)18(10-14(19)20)13-7-5-12(16)6-8-13/h5-8,11H,4,9-10H2,1-3H3,(H,19,20). The number of hydrogen-bond acceptors (Lipinski definition) is 2. The number of urea groups is 1. The molecule has 0 heterocycles. The second kappa shape index (κ2) is 7.88. The Balaban J connectivity index is 3.08. The molecule has 0 aliphatic heterocycles. The van der Waals surface area contributed by atoms with E-state index in [0.717, 1.165) is 6.42 Å². The Bertz CT molecular complexity index is 488. The molecule has 5 nitrogen and oxygen atoms in total. The molecule has 0 unspecified atom stereocenters. The highest BCUT2D eigenvalue weighted by atomic mass is 35.5. The summed E-state index contributed by atoms with van der Waals surface area (Å²) >= 11 is 5.83. The number of rotatable bonds is 6. The maximum atomic E-state index is 12.7. The van der Waals surface area contributed by atoms with Gasteiger partial charge in [-0.05, 0) is 44.5 Å². The number of halogens is 1. The van der Waals surface area contributed by atoms with E-state index >= 15 is 0 Å². The van der Waals surface area contributed by atoms with E-state index in [1.54, 1.807) is 29.2 Å². The van der Waals surface area contributed by atoms with Crippen molar-refractivity contribution < 1.29 is 14.7 Å². The SMILES string of the molecule is CCCN(C(=O)N(CC(=O)O)c1ccc(Cl)cc1)C(C)C. The summed E-state index contributed by atoms with van der Waals surface area (Å²) < 4.78 is 0. The van der Waals surface area contributed by atoms with E-state index in [-0.39, 0.29) is 18.6 Å². The average Bonchev–Trinajstić information content (AvgIpc) is 2.42. The number of amides is 2. The molecule has 0 radical (unpaired) electrons. The van der Waals surface area contributed by atoms with Crippen molar-refractivity contribution in [3.8, 4) is 0 Å². The third kappa shape index (κ3) is 4.93. The number of anilines is 1. The molecule has 0 saturated carbocycles. The predicted octanol–water partition coefficient (Wildman–Crippen LogP) is 3.47. The van der Waals surface area contributed by atoms with Crippen molar-refractivity contribution in [2.45, 2.75) is 33.2 Å². The first kappa shape index (κ1) is 17.3. The van der Waals surface area contributed by atoms with Crippen LogP contribution in [0, 0.1) is 0 Å². The van der Waals surface area contributed by atoms with E-state index in [1.807, 2.05) is 20.8 Å². The molecule has 0 aliphatic carbocycles. The van der Waals surface area contributed by atoms with Crippen molar-refractivity contribution in [3.05, 3.63) is 29.3 Å². The number of carbonyl (C=O) groups is 2. The van der Waals surface area contributed by atoms with Gasteiger partial charge >= 0.3 is 12.0 Å². The normalized spacial score (nSPS) is 10.5. The van der Waals surface area contributed by atoms with Gasteiger partial charge in [0.05, 0.1) is 0 Å². The summed E-state index contributed by atoms with van der Waals surface area (Å²) in [5.74, 6) is -1.06. The van der Waals surface area contributed by atoms with Gasteiger partial charge < -0.3 is 10.0 Å². The Morgan fingerprint density at radius 3 is 2.24 bits per heavy atom. The largest absolute Gasteiger partial charge is 0.480 e. The fraction of sp³-hybridized carbons (Fsp3) is 0.467. The van der Waals surface area contributed by atoms with E-state index in [4.69, 9.17) is 16.7 Å². The molecule has 1 N–H and O–H groups in total. The second-order valence-electron chi connectivity index (χ2n) is 5.03. The maximum Gasteiger partial charge on any atom is 0.325 e. The third-order valence-electron chi connectivity index (χ3n) is 3.00. The van der Waals surface area contributed by atoms with Crippen LogP contribution in [0.2, 0.25) is 5.02 Å². The number of aliphatic carboxylic acids is 1. The van der Waals surface area contributed by atoms with Gasteiger partial charge in [0, 0.05) is 23.3 Å². The Hall–Kier alpha value is -1.75. The van der Waals surface area contributed by atoms with Crippen LogP contribution < -0.4 is 4.90 Å². The molecule has 116 valence electrons. The Morgan fingerprint density at radius 2 is 1.81 bits per heavy atom. The van der Waals surface area contributed by atoms with Crippen LogP contribution in [0.4, 0.5) is 10.5 Å². The third-order valence-corrected chi connectivity index (χ3v) is 3.25. The number of carbonyl (C=O) groups excluding carboxylic acids is 1. The van der Waals surface area contributed by atoms with Gasteiger partial charge in [-0.3, -0.25) is 9.69 Å². The van der Waals surface area contributed by atoms with Crippen LogP contribution in [0.1, 0.15) is 27.2 Å². The highest BCUT2D eigenvalue weighted by molar-refractivity contribution is 6.30. The molecule has 0 bridgehead atoms. The molecule has 0 atom stereocenters. The number of carboxylic acids is 1. The quantitative estimate of drug-likeness (QED) is 0.875. The first-order chi connectivity index (χ1) is 9.86. The van der Waals surface area contributed by atoms with Crippen LogP contribution in [0.3, 0.4) is 0 Å². The first-order valence-corrected chi connectivity index (χ1v) is 7.30. The van der Waals surface area contributed by atoms with Crippen LogP contribution in [0.5, 0.6) is 0 Å². The summed E-state index contributed by atoms with van der Waals surface area (Å²) in [4.78, 5) is 26.6. The molecule has 6 heteroatoms. The fourth-order valence-corrected chi connectivity index (χ4v) is 2.12. The zero-order chi connectivity index (χ0) is 16.0. The van der Waals surface area contributed by atoms with Crippen LogP contribution in [0.25, 0.3) is 0 Å². The van der Waals surface area contributed by atoms with E-state index in [1.165, 1.54) is 4.90 Å². The van der Waals surface area contributed by atoms with Crippen molar-refractivity contribution in [2.24, 2.45) is 0 Å². The Labute approximate surface area is 130 Å². The average molecular weight is 313 g/mol. The first-order valence-electron chi connectivity index (χ1n) is 6.92. The van der Waals surface area contributed by atoms with E-state index in [0.29, 0.717) is 17.3 Å². The van der Waals surface area contributed by atoms with Crippen LogP contribution in [-0.2, 0) is 4.79 Å². The van der Waals surface area contributed by atoms with Crippen molar-refractivity contribution in [1.29, 1.82) is 0 Å². The van der Waals surface area contributed by atoms with Crippen LogP contribution in [0.15, 0.2) is 24.3 Å². The zero-order valence-corrected chi connectivity index (χ0v) is 13.3. The zero-order valence-electron chi connectivity index (χ0n) is 12.5. The molecule has 0 fully saturated rings. The number of carboxylic acid groups (broad SMARTS) is 1. The van der Waals surface area contributed by atoms with Crippen molar-refractivity contribution in [2.75, 3.05) is 18.0 Å². The summed E-state index contributed by atoms with van der Waals surface area (Å²) in [6, 6.07) is 6.26. The van der Waals surface area contributed by atoms with Gasteiger partial charge in [0.2, 0.25) is 0 Å². The monoisotopic (exact) mass is 312 g/mol. The summed E-state index contributed by atoms with van der Waals surface area (Å²) in [6.45, 7) is 6.00. The van der Waals surface area contributed by atoms with Gasteiger partial charge in [-0.25, -0.2) is 4.79 Å². The number of hydrogen-bond donors (Lipinski definition) is 1. The minimum absolute atomic E-state index is 0.000968. The summed E-state index contributed by atoms with van der Waals surface area (Å²) in [6.07, 6.45) is 0.811. The molecule has 1 rings (SSSR count). The van der Waals surface area contributed by atoms with Gasteiger partial charge in [0.25, 0.3) is 0 Å². The van der Waals surface area contributed by atoms with E-state index < -0.39 is 5.97 Å². The van der Waals surface area contributed by atoms with Gasteiger partial charge in [0.1, 0.15) is 6.54 Å². The molecule has 0 aliphatic rings. The predicted molar refractivity (Wildman–Crippen MR) is 84.0 cm³/mol. The molecular weight excluding hydrogens is 292 g/mol. The molecule has 0 saturated heterocycles. The molecule has 1 aromatic rings. The fourth-order valence-electron chi connectivity index (χ4n) is 2.00. The summed E-state index contributed by atoms with van der Waals surface area (Å²) in [5, 5.41) is 9.60. The topological polar surface area (TPSA) is 60.9 Å². The summed E-state index contributed by atoms with van der Waals surface area (Å²) in [5.41, 5.74) is 0.522. The van der Waals surface area contributed by atoms with Crippen LogP contribution in [-0.4, -0.2) is 41.1 Å². The second-order valence-corrected chi connectivity index (χ2v) is 5.46. The molecule has 1 aromatic carbocycles. The minimum atomic E-state index is -1.06. The van der Waals surface area contributed by atoms with Crippen molar-refractivity contribution in [1.82, 2.24) is 4.90 Å². The van der Waals surface area contributed by atoms with Gasteiger partial charge in [-0.2, -0.15) is 0 Å². The lowest BCUT2D eigenvalue weighted by Crippen LogP contribution is -2.48. The lowest BCUT2D eigenvalue weighted by molar-refractivity contribution is -0.135. The van der Waals surface area contributed by atoms with Gasteiger partial charge in [-0.1, -0.05) is 18.5 Å². The van der Waals surface area contributed by atoms with Crippen molar-refractivity contribution >= 4 is 29.3 Å². The lowest BCUT2D eigenvalue weighted by Gasteiger charge is -2.32. The highest BCUT2D eigenvalue weighted by Crippen LogP contribution is 2.20. The molecular formula is C15H21ClN2O3. The molecule has 0 spiro atoms. The lowest BCUT2D eigenvalue weighted by atomic mass is 10.2. The smallest absolute Gasteiger partial charge is 0.325 e. The molecule has 21 heavy (non-hydrogen) atoms. The van der Waals surface area contributed by atoms with Crippen molar-refractivity contribution in [3.63, 3.8) is 0 Å². The Morgan fingerprint density at radius 1 is 1.24 bits per heavy atom. The maximum absolute atomic E-state index is 12.7. The summed E-state index contributed by atoms with van der Waals surface area (Å²) in [7, 11) is 0. The van der Waals surface area contributed by atoms with Gasteiger partial charge in [0.15, 0.2) is 0 Å². The molecule has 0 aromatic heterocycles. The van der Waals surface area contributed by atoms with Crippen LogP contribution >= 0.6 is 11.6 Å². The van der Waals surface area contributed by atoms with E-state index in [9.17, 15) is 9.59 Å². The Kier molecular flexibility index (Phi) is 6.49. The van der Waals surface area contributed by atoms with E-state index in [2.05, 4.69) is 0 Å². The molecule has 2 amide bonds. The highest BCUT2D eigenvalue weighted by Gasteiger charge is 2.25. The minimum Gasteiger partial charge on any atom is -0.480 e. The number of nitrogens with zero attached hydrogens (tertiary/aromatic N) is 2. The van der Waals surface area contributed by atoms with Gasteiger partial charge in [-0.15, -0.1) is 0 Å².